The first-order valence-corrected chi connectivity index (χ1v) is 9.73. The Hall–Kier alpha value is -0.740. The number of likely N-dealkylation sites (tertiary alicyclic amines) is 1. The third kappa shape index (κ3) is 4.95. The fourth-order valence-corrected chi connectivity index (χ4v) is 4.62. The van der Waals surface area contributed by atoms with Gasteiger partial charge in [0.1, 0.15) is 5.58 Å². The smallest absolute Gasteiger partial charge is 0.134 e. The lowest BCUT2D eigenvalue weighted by atomic mass is 9.84. The molecule has 146 valence electrons. The summed E-state index contributed by atoms with van der Waals surface area (Å²) in [5.74, 6) is 1.58. The monoisotopic (exact) mass is 398 g/mol. The fourth-order valence-electron chi connectivity index (χ4n) is 4.62. The zero-order valence-electron chi connectivity index (χ0n) is 15.4. The van der Waals surface area contributed by atoms with Gasteiger partial charge in [-0.05, 0) is 82.5 Å². The van der Waals surface area contributed by atoms with E-state index in [0.717, 1.165) is 11.5 Å². The molecule has 1 saturated carbocycles. The van der Waals surface area contributed by atoms with Crippen molar-refractivity contribution in [3.63, 3.8) is 0 Å². The minimum Gasteiger partial charge on any atom is -0.464 e. The molecule has 2 N–H and O–H groups in total. The Balaban J connectivity index is 0.00000121. The summed E-state index contributed by atoms with van der Waals surface area (Å²) in [5, 5.41) is 1.31. The lowest BCUT2D eigenvalue weighted by molar-refractivity contribution is 0.186. The summed E-state index contributed by atoms with van der Waals surface area (Å²) in [6.07, 6.45) is 11.1. The fraction of sp³-hybridized carbons (Fsp3) is 0.619. The predicted octanol–water partition coefficient (Wildman–Crippen LogP) is 5.36. The molecule has 0 spiro atoms. The number of nitrogens with two attached hydrogens (primary N) is 1. The highest BCUT2D eigenvalue weighted by molar-refractivity contribution is 5.85. The van der Waals surface area contributed by atoms with Gasteiger partial charge in [0.05, 0.1) is 6.26 Å². The molecule has 0 radical (unpaired) electrons. The van der Waals surface area contributed by atoms with E-state index in [9.17, 15) is 0 Å². The van der Waals surface area contributed by atoms with Crippen LogP contribution in [-0.4, -0.2) is 30.6 Å². The molecule has 0 atom stereocenters. The zero-order valence-corrected chi connectivity index (χ0v) is 17.1. The molecule has 1 aliphatic carbocycles. The van der Waals surface area contributed by atoms with Gasteiger partial charge in [0, 0.05) is 17.0 Å². The molecule has 4 rings (SSSR count). The van der Waals surface area contributed by atoms with Crippen molar-refractivity contribution < 1.29 is 4.42 Å². The van der Waals surface area contributed by atoms with Gasteiger partial charge in [0.2, 0.25) is 0 Å². The molecule has 3 nitrogen and oxygen atoms in total. The second-order valence-electron chi connectivity index (χ2n) is 7.87. The molecule has 5 heteroatoms. The highest BCUT2D eigenvalue weighted by Crippen LogP contribution is 2.34. The topological polar surface area (TPSA) is 42.4 Å². The lowest BCUT2D eigenvalue weighted by Crippen LogP contribution is -2.35. The molecule has 2 aliphatic rings. The Morgan fingerprint density at radius 1 is 0.962 bits per heavy atom. The largest absolute Gasteiger partial charge is 0.464 e. The minimum absolute atomic E-state index is 0. The van der Waals surface area contributed by atoms with Crippen molar-refractivity contribution in [3.05, 3.63) is 36.1 Å². The van der Waals surface area contributed by atoms with Crippen molar-refractivity contribution in [2.45, 2.75) is 56.9 Å². The second-order valence-corrected chi connectivity index (χ2v) is 7.87. The van der Waals surface area contributed by atoms with E-state index in [1.54, 1.807) is 0 Å². The van der Waals surface area contributed by atoms with Crippen molar-refractivity contribution in [2.24, 2.45) is 11.7 Å². The van der Waals surface area contributed by atoms with Crippen LogP contribution in [-0.2, 0) is 0 Å². The van der Waals surface area contributed by atoms with Crippen LogP contribution in [0.15, 0.2) is 34.9 Å². The molecule has 26 heavy (non-hydrogen) atoms. The molecule has 0 bridgehead atoms. The van der Waals surface area contributed by atoms with Crippen LogP contribution in [0.4, 0.5) is 0 Å². The zero-order chi connectivity index (χ0) is 16.4. The molecule has 1 aromatic heterocycles. The van der Waals surface area contributed by atoms with Crippen molar-refractivity contribution in [3.8, 4) is 0 Å². The maximum Gasteiger partial charge on any atom is 0.134 e. The predicted molar refractivity (Wildman–Crippen MR) is 114 cm³/mol. The maximum absolute atomic E-state index is 6.02. The highest BCUT2D eigenvalue weighted by atomic mass is 35.5. The summed E-state index contributed by atoms with van der Waals surface area (Å²) in [6, 6.07) is 8.92. The van der Waals surface area contributed by atoms with E-state index in [1.807, 2.05) is 6.26 Å². The Morgan fingerprint density at radius 3 is 2.38 bits per heavy atom. The van der Waals surface area contributed by atoms with E-state index >= 15 is 0 Å². The minimum atomic E-state index is 0. The number of nitrogens with zero attached hydrogens (tertiary/aromatic N) is 1. The molecule has 1 aliphatic heterocycles. The van der Waals surface area contributed by atoms with Crippen LogP contribution in [0.3, 0.4) is 0 Å². The number of benzene rings is 1. The number of halogens is 2. The number of hydrogen-bond donors (Lipinski definition) is 1. The van der Waals surface area contributed by atoms with Gasteiger partial charge in [0.25, 0.3) is 0 Å². The molecule has 2 aromatic rings. The first-order valence-electron chi connectivity index (χ1n) is 9.73. The van der Waals surface area contributed by atoms with Gasteiger partial charge in [-0.3, -0.25) is 0 Å². The van der Waals surface area contributed by atoms with E-state index in [0.29, 0.717) is 12.0 Å². The Morgan fingerprint density at radius 2 is 1.65 bits per heavy atom. The molecule has 1 saturated heterocycles. The van der Waals surface area contributed by atoms with Crippen LogP contribution in [0.1, 0.15) is 56.4 Å². The van der Waals surface area contributed by atoms with Gasteiger partial charge in [-0.2, -0.15) is 0 Å². The van der Waals surface area contributed by atoms with E-state index < -0.39 is 0 Å². The lowest BCUT2D eigenvalue weighted by Gasteiger charge is -2.33. The molecular formula is C21H32Cl2N2O. The molecular weight excluding hydrogens is 367 g/mol. The number of furan rings is 1. The molecule has 2 heterocycles. The number of rotatable bonds is 4. The second kappa shape index (κ2) is 9.98. The summed E-state index contributed by atoms with van der Waals surface area (Å²) in [7, 11) is 0. The number of fused-ring (bicyclic) bond motifs is 1. The van der Waals surface area contributed by atoms with Crippen LogP contribution in [0.2, 0.25) is 0 Å². The average Bonchev–Trinajstić information content (AvgIpc) is 3.06. The van der Waals surface area contributed by atoms with Crippen LogP contribution < -0.4 is 5.73 Å². The average molecular weight is 399 g/mol. The number of hydrogen-bond acceptors (Lipinski definition) is 3. The van der Waals surface area contributed by atoms with Crippen LogP contribution in [0, 0.1) is 5.92 Å². The van der Waals surface area contributed by atoms with Crippen molar-refractivity contribution in [1.29, 1.82) is 0 Å². The van der Waals surface area contributed by atoms with E-state index in [-0.39, 0.29) is 24.8 Å². The third-order valence-electron chi connectivity index (χ3n) is 6.28. The SMILES string of the molecule is Cl.Cl.N[C@H]1CC[C@H](CCN2CCC(c3coc4ccccc34)CC2)CC1. The van der Waals surface area contributed by atoms with E-state index in [1.165, 1.54) is 75.5 Å². The first-order chi connectivity index (χ1) is 11.8. The summed E-state index contributed by atoms with van der Waals surface area (Å²) in [4.78, 5) is 2.67. The van der Waals surface area contributed by atoms with Gasteiger partial charge in [-0.15, -0.1) is 24.8 Å². The summed E-state index contributed by atoms with van der Waals surface area (Å²) >= 11 is 0. The van der Waals surface area contributed by atoms with Crippen molar-refractivity contribution in [1.82, 2.24) is 4.90 Å². The Labute approximate surface area is 169 Å². The van der Waals surface area contributed by atoms with Gasteiger partial charge < -0.3 is 15.1 Å². The molecule has 0 amide bonds. The number of para-hydroxylation sites is 1. The third-order valence-corrected chi connectivity index (χ3v) is 6.28. The summed E-state index contributed by atoms with van der Waals surface area (Å²) in [6.45, 7) is 3.74. The molecule has 1 aromatic carbocycles. The van der Waals surface area contributed by atoms with E-state index in [2.05, 4.69) is 29.2 Å². The van der Waals surface area contributed by atoms with Crippen LogP contribution in [0.25, 0.3) is 11.0 Å². The Kier molecular flexibility index (Phi) is 8.28. The maximum atomic E-state index is 6.02. The summed E-state index contributed by atoms with van der Waals surface area (Å²) < 4.78 is 5.74. The standard InChI is InChI=1S/C21H30N2O.2ClH/c22-18-7-5-16(6-8-18)9-12-23-13-10-17(11-14-23)20-15-24-21-4-2-1-3-19(20)21;;/h1-4,15-18H,5-14,22H2;2*1H/t16-,18-;;. The quantitative estimate of drug-likeness (QED) is 0.752. The van der Waals surface area contributed by atoms with Gasteiger partial charge in [-0.25, -0.2) is 0 Å². The van der Waals surface area contributed by atoms with Crippen molar-refractivity contribution >= 4 is 35.8 Å². The van der Waals surface area contributed by atoms with E-state index in [4.69, 9.17) is 10.2 Å². The first kappa shape index (κ1) is 21.6. The molecule has 0 unspecified atom stereocenters. The van der Waals surface area contributed by atoms with Gasteiger partial charge >= 0.3 is 0 Å². The highest BCUT2D eigenvalue weighted by Gasteiger charge is 2.24. The number of piperidine rings is 1. The van der Waals surface area contributed by atoms with Crippen LogP contribution in [0.5, 0.6) is 0 Å². The van der Waals surface area contributed by atoms with Gasteiger partial charge in [-0.1, -0.05) is 18.2 Å². The normalized spacial score (nSPS) is 24.8. The van der Waals surface area contributed by atoms with Crippen LogP contribution >= 0.6 is 24.8 Å². The summed E-state index contributed by atoms with van der Waals surface area (Å²) in [5.41, 5.74) is 8.47. The van der Waals surface area contributed by atoms with Gasteiger partial charge in [0.15, 0.2) is 0 Å². The Bertz CT molecular complexity index is 659. The molecule has 2 fully saturated rings. The van der Waals surface area contributed by atoms with Crippen molar-refractivity contribution in [2.75, 3.05) is 19.6 Å².